The van der Waals surface area contributed by atoms with Gasteiger partial charge < -0.3 is 14.8 Å². The minimum atomic E-state index is 0.424. The van der Waals surface area contributed by atoms with E-state index in [4.69, 9.17) is 9.47 Å². The van der Waals surface area contributed by atoms with Crippen molar-refractivity contribution in [3.63, 3.8) is 0 Å². The summed E-state index contributed by atoms with van der Waals surface area (Å²) in [6.45, 7) is 4.90. The molecular weight excluding hydrogens is 312 g/mol. The second-order valence-corrected chi connectivity index (χ2v) is 6.94. The van der Waals surface area contributed by atoms with Gasteiger partial charge in [0.25, 0.3) is 0 Å². The fraction of sp³-hybridized carbons (Fsp3) is 0.429. The number of benzene rings is 2. The predicted octanol–water partition coefficient (Wildman–Crippen LogP) is 3.80. The van der Waals surface area contributed by atoms with Gasteiger partial charge in [0.15, 0.2) is 0 Å². The molecule has 0 radical (unpaired) electrons. The Labute approximate surface area is 149 Å². The van der Waals surface area contributed by atoms with E-state index in [1.807, 2.05) is 18.2 Å². The third-order valence-electron chi connectivity index (χ3n) is 5.18. The zero-order chi connectivity index (χ0) is 17.1. The molecule has 25 heavy (non-hydrogen) atoms. The van der Waals surface area contributed by atoms with Crippen molar-refractivity contribution >= 4 is 5.69 Å². The fourth-order valence-corrected chi connectivity index (χ4v) is 3.86. The monoisotopic (exact) mass is 338 g/mol. The number of fused-ring (bicyclic) bond motifs is 1. The highest BCUT2D eigenvalue weighted by Crippen LogP contribution is 2.28. The number of nitrogens with zero attached hydrogens (tertiary/aromatic N) is 1. The van der Waals surface area contributed by atoms with Gasteiger partial charge in [-0.1, -0.05) is 24.3 Å². The highest BCUT2D eigenvalue weighted by atomic mass is 16.5. The van der Waals surface area contributed by atoms with Crippen LogP contribution in [-0.2, 0) is 24.4 Å². The number of nitrogens with one attached hydrogen (secondary N) is 1. The normalized spacial score (nSPS) is 19.8. The Kier molecular flexibility index (Phi) is 4.90. The summed E-state index contributed by atoms with van der Waals surface area (Å²) in [5, 5.41) is 3.53. The van der Waals surface area contributed by atoms with Crippen LogP contribution in [0.15, 0.2) is 42.5 Å². The Balaban J connectivity index is 1.41. The topological polar surface area (TPSA) is 33.7 Å². The van der Waals surface area contributed by atoms with E-state index in [-0.39, 0.29) is 0 Å². The summed E-state index contributed by atoms with van der Waals surface area (Å²) in [6, 6.07) is 14.8. The van der Waals surface area contributed by atoms with Crippen LogP contribution in [0.1, 0.15) is 29.5 Å². The molecule has 2 aliphatic rings. The first-order valence-corrected chi connectivity index (χ1v) is 9.13. The summed E-state index contributed by atoms with van der Waals surface area (Å²) >= 11 is 0. The molecule has 4 nitrogen and oxygen atoms in total. The van der Waals surface area contributed by atoms with E-state index in [0.29, 0.717) is 6.10 Å². The molecule has 0 aromatic heterocycles. The average Bonchev–Trinajstić information content (AvgIpc) is 3.29. The van der Waals surface area contributed by atoms with Gasteiger partial charge in [-0.15, -0.1) is 0 Å². The number of anilines is 1. The highest BCUT2D eigenvalue weighted by Gasteiger charge is 2.25. The van der Waals surface area contributed by atoms with Crippen LogP contribution in [0.3, 0.4) is 0 Å². The standard InChI is InChI=1S/C21H26N2O2/c1-24-19-8-3-7-18(11-19)22-12-16-5-2-6-17-13-23(15-21(16)17)14-20-9-4-10-25-20/h2-3,5-8,11,20,22H,4,9-10,12-15H2,1H3. The number of rotatable bonds is 6. The molecule has 1 fully saturated rings. The number of hydrogen-bond donors (Lipinski definition) is 1. The Morgan fingerprint density at radius 3 is 2.96 bits per heavy atom. The third kappa shape index (κ3) is 3.80. The van der Waals surface area contributed by atoms with Crippen molar-refractivity contribution in [2.45, 2.75) is 38.6 Å². The summed E-state index contributed by atoms with van der Waals surface area (Å²) < 4.78 is 11.1. The average molecular weight is 338 g/mol. The largest absolute Gasteiger partial charge is 0.497 e. The molecular formula is C21H26N2O2. The zero-order valence-corrected chi connectivity index (χ0v) is 14.8. The molecule has 2 heterocycles. The zero-order valence-electron chi connectivity index (χ0n) is 14.8. The van der Waals surface area contributed by atoms with Crippen molar-refractivity contribution in [1.29, 1.82) is 0 Å². The van der Waals surface area contributed by atoms with Crippen LogP contribution in [-0.4, -0.2) is 31.3 Å². The molecule has 132 valence electrons. The summed E-state index contributed by atoms with van der Waals surface area (Å²) in [7, 11) is 1.70. The number of hydrogen-bond acceptors (Lipinski definition) is 4. The van der Waals surface area contributed by atoms with E-state index in [9.17, 15) is 0 Å². The molecule has 1 atom stereocenters. The van der Waals surface area contributed by atoms with E-state index in [1.54, 1.807) is 7.11 Å². The van der Waals surface area contributed by atoms with E-state index in [2.05, 4.69) is 34.5 Å². The van der Waals surface area contributed by atoms with Crippen LogP contribution in [0, 0.1) is 0 Å². The molecule has 0 aliphatic carbocycles. The molecule has 0 spiro atoms. The minimum Gasteiger partial charge on any atom is -0.497 e. The molecule has 1 N–H and O–H groups in total. The lowest BCUT2D eigenvalue weighted by Gasteiger charge is -2.19. The van der Waals surface area contributed by atoms with Crippen molar-refractivity contribution in [1.82, 2.24) is 4.90 Å². The first-order valence-electron chi connectivity index (χ1n) is 9.13. The van der Waals surface area contributed by atoms with Crippen molar-refractivity contribution in [2.24, 2.45) is 0 Å². The lowest BCUT2D eigenvalue weighted by molar-refractivity contribution is 0.0723. The van der Waals surface area contributed by atoms with Crippen LogP contribution in [0.4, 0.5) is 5.69 Å². The summed E-state index contributed by atoms with van der Waals surface area (Å²) in [5.74, 6) is 0.881. The van der Waals surface area contributed by atoms with E-state index >= 15 is 0 Å². The maximum Gasteiger partial charge on any atom is 0.120 e. The molecule has 2 aliphatic heterocycles. The lowest BCUT2D eigenvalue weighted by atomic mass is 10.0. The second-order valence-electron chi connectivity index (χ2n) is 6.94. The van der Waals surface area contributed by atoms with Gasteiger partial charge in [-0.05, 0) is 41.7 Å². The first kappa shape index (κ1) is 16.4. The van der Waals surface area contributed by atoms with Crippen molar-refractivity contribution < 1.29 is 9.47 Å². The molecule has 2 aromatic carbocycles. The van der Waals surface area contributed by atoms with Gasteiger partial charge in [-0.2, -0.15) is 0 Å². The molecule has 0 bridgehead atoms. The predicted molar refractivity (Wildman–Crippen MR) is 99.9 cm³/mol. The van der Waals surface area contributed by atoms with Crippen LogP contribution < -0.4 is 10.1 Å². The molecule has 4 heteroatoms. The molecule has 0 saturated carbocycles. The SMILES string of the molecule is COc1cccc(NCc2cccc3c2CN(CC2CCCO2)C3)c1. The van der Waals surface area contributed by atoms with Gasteiger partial charge in [-0.3, -0.25) is 4.90 Å². The first-order chi connectivity index (χ1) is 12.3. The highest BCUT2D eigenvalue weighted by molar-refractivity contribution is 5.49. The van der Waals surface area contributed by atoms with E-state index in [1.165, 1.54) is 29.5 Å². The summed E-state index contributed by atoms with van der Waals surface area (Å²) in [5.41, 5.74) is 5.42. The number of methoxy groups -OCH3 is 1. The van der Waals surface area contributed by atoms with Gasteiger partial charge in [0.05, 0.1) is 13.2 Å². The minimum absolute atomic E-state index is 0.424. The van der Waals surface area contributed by atoms with Gasteiger partial charge >= 0.3 is 0 Å². The number of ether oxygens (including phenoxy) is 2. The van der Waals surface area contributed by atoms with Crippen molar-refractivity contribution in [3.8, 4) is 5.75 Å². The van der Waals surface area contributed by atoms with Gasteiger partial charge in [0, 0.05) is 44.5 Å². The van der Waals surface area contributed by atoms with Crippen LogP contribution >= 0.6 is 0 Å². The second kappa shape index (κ2) is 7.46. The Hall–Kier alpha value is -2.04. The van der Waals surface area contributed by atoms with Gasteiger partial charge in [-0.25, -0.2) is 0 Å². The summed E-state index contributed by atoms with van der Waals surface area (Å²) in [4.78, 5) is 2.52. The lowest BCUT2D eigenvalue weighted by Crippen LogP contribution is -2.27. The fourth-order valence-electron chi connectivity index (χ4n) is 3.86. The van der Waals surface area contributed by atoms with Crippen molar-refractivity contribution in [2.75, 3.05) is 25.6 Å². The van der Waals surface area contributed by atoms with Crippen molar-refractivity contribution in [3.05, 3.63) is 59.2 Å². The molecule has 1 saturated heterocycles. The molecule has 2 aromatic rings. The molecule has 1 unspecified atom stereocenters. The smallest absolute Gasteiger partial charge is 0.120 e. The summed E-state index contributed by atoms with van der Waals surface area (Å²) in [6.07, 6.45) is 2.84. The Morgan fingerprint density at radius 2 is 2.12 bits per heavy atom. The third-order valence-corrected chi connectivity index (χ3v) is 5.18. The van der Waals surface area contributed by atoms with Crippen LogP contribution in [0.2, 0.25) is 0 Å². The molecule has 4 rings (SSSR count). The van der Waals surface area contributed by atoms with Gasteiger partial charge in [0.2, 0.25) is 0 Å². The maximum absolute atomic E-state index is 5.81. The molecule has 0 amide bonds. The Morgan fingerprint density at radius 1 is 1.20 bits per heavy atom. The van der Waals surface area contributed by atoms with Gasteiger partial charge in [0.1, 0.15) is 5.75 Å². The van der Waals surface area contributed by atoms with Crippen LogP contribution in [0.5, 0.6) is 5.75 Å². The maximum atomic E-state index is 5.81. The van der Waals surface area contributed by atoms with E-state index in [0.717, 1.165) is 44.2 Å². The van der Waals surface area contributed by atoms with E-state index < -0.39 is 0 Å². The van der Waals surface area contributed by atoms with Crippen LogP contribution in [0.25, 0.3) is 0 Å². The quantitative estimate of drug-likeness (QED) is 0.869. The Bertz CT molecular complexity index is 726.